The Morgan fingerprint density at radius 3 is 2.95 bits per heavy atom. The first kappa shape index (κ1) is 15.0. The fraction of sp³-hybridized carbons (Fsp3) is 0.286. The lowest BCUT2D eigenvalue weighted by Crippen LogP contribution is -2.00. The molecule has 3 heterocycles. The second kappa shape index (κ2) is 6.45. The zero-order valence-corrected chi connectivity index (χ0v) is 13.9. The van der Waals surface area contributed by atoms with E-state index in [2.05, 4.69) is 26.1 Å². The van der Waals surface area contributed by atoms with E-state index >= 15 is 0 Å². The molecule has 0 aliphatic rings. The van der Waals surface area contributed by atoms with E-state index in [1.807, 2.05) is 30.6 Å². The molecule has 0 aromatic carbocycles. The molecule has 6 nitrogen and oxygen atoms in total. The van der Waals surface area contributed by atoms with Gasteiger partial charge in [0.05, 0.1) is 11.8 Å². The maximum Gasteiger partial charge on any atom is 0.198 e. The average Bonchev–Trinajstić information content (AvgIpc) is 3.22. The molecule has 3 aromatic rings. The van der Waals surface area contributed by atoms with Gasteiger partial charge in [-0.3, -0.25) is 4.57 Å². The van der Waals surface area contributed by atoms with Gasteiger partial charge in [-0.1, -0.05) is 13.0 Å². The van der Waals surface area contributed by atoms with Crippen molar-refractivity contribution < 1.29 is 4.42 Å². The Balaban J connectivity index is 1.96. The van der Waals surface area contributed by atoms with Gasteiger partial charge in [0, 0.05) is 13.0 Å². The van der Waals surface area contributed by atoms with Crippen molar-refractivity contribution in [3.63, 3.8) is 0 Å². The molecule has 3 aromatic heterocycles. The molecule has 0 aliphatic carbocycles. The SMILES string of the molecule is C=CCn1c(Sc2nc(CC)ns2)nnc1-c1ccoc1C. The van der Waals surface area contributed by atoms with Crippen molar-refractivity contribution in [3.8, 4) is 11.4 Å². The van der Waals surface area contributed by atoms with Crippen molar-refractivity contribution in [1.29, 1.82) is 0 Å². The maximum absolute atomic E-state index is 5.36. The first-order valence-corrected chi connectivity index (χ1v) is 8.41. The predicted molar refractivity (Wildman–Crippen MR) is 86.1 cm³/mol. The van der Waals surface area contributed by atoms with Gasteiger partial charge in [0.2, 0.25) is 0 Å². The number of furan rings is 1. The molecule has 8 heteroatoms. The summed E-state index contributed by atoms with van der Waals surface area (Å²) in [4.78, 5) is 4.46. The van der Waals surface area contributed by atoms with Gasteiger partial charge in [0.15, 0.2) is 15.3 Å². The van der Waals surface area contributed by atoms with Crippen molar-refractivity contribution in [2.24, 2.45) is 0 Å². The topological polar surface area (TPSA) is 69.6 Å². The van der Waals surface area contributed by atoms with E-state index in [9.17, 15) is 0 Å². The van der Waals surface area contributed by atoms with Crippen LogP contribution in [-0.2, 0) is 13.0 Å². The van der Waals surface area contributed by atoms with Crippen LogP contribution in [-0.4, -0.2) is 24.1 Å². The molecule has 114 valence electrons. The lowest BCUT2D eigenvalue weighted by molar-refractivity contribution is 0.534. The number of hydrogen-bond acceptors (Lipinski definition) is 7. The molecule has 0 saturated heterocycles. The molecule has 0 unspecified atom stereocenters. The van der Waals surface area contributed by atoms with Gasteiger partial charge in [-0.2, -0.15) is 4.37 Å². The number of aryl methyl sites for hydroxylation is 2. The highest BCUT2D eigenvalue weighted by Gasteiger charge is 2.18. The molecule has 22 heavy (non-hydrogen) atoms. The van der Waals surface area contributed by atoms with Gasteiger partial charge in [0.1, 0.15) is 11.6 Å². The largest absolute Gasteiger partial charge is 0.469 e. The number of rotatable bonds is 6. The van der Waals surface area contributed by atoms with Crippen molar-refractivity contribution in [2.45, 2.75) is 36.3 Å². The summed E-state index contributed by atoms with van der Waals surface area (Å²) in [6.45, 7) is 8.38. The fourth-order valence-corrected chi connectivity index (χ4v) is 3.62. The van der Waals surface area contributed by atoms with Crippen LogP contribution in [0.4, 0.5) is 0 Å². The first-order valence-electron chi connectivity index (χ1n) is 6.82. The minimum atomic E-state index is 0.620. The van der Waals surface area contributed by atoms with Gasteiger partial charge in [0.25, 0.3) is 0 Å². The Hall–Kier alpha value is -1.93. The minimum absolute atomic E-state index is 0.620. The van der Waals surface area contributed by atoms with Crippen LogP contribution in [0, 0.1) is 6.92 Å². The van der Waals surface area contributed by atoms with Crippen molar-refractivity contribution in [2.75, 3.05) is 0 Å². The number of hydrogen-bond donors (Lipinski definition) is 0. The Morgan fingerprint density at radius 2 is 2.32 bits per heavy atom. The first-order chi connectivity index (χ1) is 10.7. The average molecular weight is 333 g/mol. The van der Waals surface area contributed by atoms with Gasteiger partial charge in [-0.05, 0) is 36.3 Å². The quantitative estimate of drug-likeness (QED) is 0.642. The Kier molecular flexibility index (Phi) is 4.39. The standard InChI is InChI=1S/C14H15N5OS2/c1-4-7-19-12(10-6-8-20-9(10)3)16-17-13(19)21-14-15-11(5-2)18-22-14/h4,6,8H,1,5,7H2,2-3H3. The van der Waals surface area contributed by atoms with E-state index in [-0.39, 0.29) is 0 Å². The summed E-state index contributed by atoms with van der Waals surface area (Å²) in [5, 5.41) is 9.36. The van der Waals surface area contributed by atoms with E-state index in [1.54, 1.807) is 6.26 Å². The molecule has 0 atom stereocenters. The summed E-state index contributed by atoms with van der Waals surface area (Å²) in [5.41, 5.74) is 0.938. The molecule has 0 spiro atoms. The van der Waals surface area contributed by atoms with Crippen molar-refractivity contribution in [3.05, 3.63) is 36.6 Å². The third-order valence-corrected chi connectivity index (χ3v) is 4.85. The highest BCUT2D eigenvalue weighted by Crippen LogP contribution is 2.31. The lowest BCUT2D eigenvalue weighted by atomic mass is 10.2. The molecule has 3 rings (SSSR count). The van der Waals surface area contributed by atoms with Crippen LogP contribution in [0.25, 0.3) is 11.4 Å². The number of nitrogens with zero attached hydrogens (tertiary/aromatic N) is 5. The fourth-order valence-electron chi connectivity index (χ4n) is 1.98. The van der Waals surface area contributed by atoms with Crippen LogP contribution in [0.2, 0.25) is 0 Å². The summed E-state index contributed by atoms with van der Waals surface area (Å²) in [6, 6.07) is 1.90. The van der Waals surface area contributed by atoms with Crippen molar-refractivity contribution >= 4 is 23.3 Å². The normalized spacial score (nSPS) is 11.0. The van der Waals surface area contributed by atoms with Gasteiger partial charge >= 0.3 is 0 Å². The van der Waals surface area contributed by atoms with Gasteiger partial charge < -0.3 is 4.42 Å². The second-order valence-electron chi connectivity index (χ2n) is 4.53. The molecule has 0 fully saturated rings. The van der Waals surface area contributed by atoms with Crippen LogP contribution < -0.4 is 0 Å². The lowest BCUT2D eigenvalue weighted by Gasteiger charge is -2.05. The highest BCUT2D eigenvalue weighted by atomic mass is 32.2. The smallest absolute Gasteiger partial charge is 0.198 e. The molecular formula is C14H15N5OS2. The number of allylic oxidation sites excluding steroid dienone is 1. The Morgan fingerprint density at radius 1 is 1.45 bits per heavy atom. The van der Waals surface area contributed by atoms with Crippen LogP contribution in [0.15, 0.2) is 38.9 Å². The summed E-state index contributed by atoms with van der Waals surface area (Å²) >= 11 is 2.85. The number of aromatic nitrogens is 5. The highest BCUT2D eigenvalue weighted by molar-refractivity contribution is 8.00. The summed E-state index contributed by atoms with van der Waals surface area (Å²) in [6.07, 6.45) is 4.31. The monoisotopic (exact) mass is 333 g/mol. The van der Waals surface area contributed by atoms with E-state index in [0.717, 1.165) is 38.9 Å². The zero-order valence-electron chi connectivity index (χ0n) is 12.3. The summed E-state index contributed by atoms with van der Waals surface area (Å²) < 4.78 is 12.5. The molecular weight excluding hydrogens is 318 g/mol. The van der Waals surface area contributed by atoms with E-state index < -0.39 is 0 Å². The van der Waals surface area contributed by atoms with E-state index in [0.29, 0.717) is 6.54 Å². The van der Waals surface area contributed by atoms with E-state index in [4.69, 9.17) is 4.42 Å². The molecule has 0 amide bonds. The summed E-state index contributed by atoms with van der Waals surface area (Å²) in [5.74, 6) is 2.44. The Labute approximate surface area is 136 Å². The van der Waals surface area contributed by atoms with Crippen LogP contribution >= 0.6 is 23.3 Å². The van der Waals surface area contributed by atoms with Crippen LogP contribution in [0.3, 0.4) is 0 Å². The third kappa shape index (κ3) is 2.84. The maximum atomic E-state index is 5.36. The summed E-state index contributed by atoms with van der Waals surface area (Å²) in [7, 11) is 0. The third-order valence-electron chi connectivity index (χ3n) is 3.07. The van der Waals surface area contributed by atoms with Crippen molar-refractivity contribution in [1.82, 2.24) is 24.1 Å². The molecule has 0 bridgehead atoms. The zero-order chi connectivity index (χ0) is 15.5. The van der Waals surface area contributed by atoms with E-state index in [1.165, 1.54) is 23.3 Å². The second-order valence-corrected chi connectivity index (χ2v) is 6.49. The van der Waals surface area contributed by atoms with Crippen LogP contribution in [0.1, 0.15) is 18.5 Å². The predicted octanol–water partition coefficient (Wildman–Crippen LogP) is 3.60. The molecule has 0 N–H and O–H groups in total. The molecule has 0 saturated carbocycles. The Bertz CT molecular complexity index is 789. The molecule has 0 aliphatic heterocycles. The van der Waals surface area contributed by atoms with Gasteiger partial charge in [-0.15, -0.1) is 16.8 Å². The molecule has 0 radical (unpaired) electrons. The van der Waals surface area contributed by atoms with Gasteiger partial charge in [-0.25, -0.2) is 4.98 Å². The minimum Gasteiger partial charge on any atom is -0.469 e. The van der Waals surface area contributed by atoms with Crippen LogP contribution in [0.5, 0.6) is 0 Å².